The fourth-order valence-corrected chi connectivity index (χ4v) is 3.44. The second-order valence-electron chi connectivity index (χ2n) is 6.65. The molecule has 2 saturated heterocycles. The summed E-state index contributed by atoms with van der Waals surface area (Å²) < 4.78 is 13.2. The van der Waals surface area contributed by atoms with Crippen LogP contribution in [0, 0.1) is 5.82 Å². The van der Waals surface area contributed by atoms with Crippen molar-refractivity contribution >= 4 is 23.4 Å². The molecule has 2 fully saturated rings. The largest absolute Gasteiger partial charge is 0.349 e. The number of hydrogen-bond acceptors (Lipinski definition) is 4. The minimum Gasteiger partial charge on any atom is -0.349 e. The Hall–Kier alpha value is -1.70. The number of halogens is 2. The first-order chi connectivity index (χ1) is 11.9. The first-order valence-electron chi connectivity index (χ1n) is 8.48. The third kappa shape index (κ3) is 4.48. The molecular weight excluding hydrogens is 347 g/mol. The minimum absolute atomic E-state index is 0.0456. The highest BCUT2D eigenvalue weighted by atomic mass is 35.5. The van der Waals surface area contributed by atoms with Gasteiger partial charge in [-0.05, 0) is 38.0 Å². The predicted molar refractivity (Wildman–Crippen MR) is 92.6 cm³/mol. The standard InChI is InChI=1S/C17H22ClFN4O2/c1-10-8-15(24)22-17(20-10)23-6-4-12(5-7-23)21-16(25)11-2-3-14(19)13(18)9-11/h2-3,9-10,12,17,20H,4-8H2,1H3,(H,21,25)(H,22,24). The van der Waals surface area contributed by atoms with Gasteiger partial charge in [0.25, 0.3) is 5.91 Å². The molecule has 6 nitrogen and oxygen atoms in total. The Kier molecular flexibility index (Phi) is 5.56. The highest BCUT2D eigenvalue weighted by Gasteiger charge is 2.30. The molecule has 2 atom stereocenters. The topological polar surface area (TPSA) is 73.5 Å². The number of rotatable bonds is 3. The van der Waals surface area contributed by atoms with Gasteiger partial charge in [0.15, 0.2) is 0 Å². The van der Waals surface area contributed by atoms with Crippen molar-refractivity contribution in [2.45, 2.75) is 44.6 Å². The van der Waals surface area contributed by atoms with Crippen LogP contribution in [0.5, 0.6) is 0 Å². The highest BCUT2D eigenvalue weighted by Crippen LogP contribution is 2.18. The second kappa shape index (κ2) is 7.68. The average molecular weight is 369 g/mol. The fraction of sp³-hybridized carbons (Fsp3) is 0.529. The Morgan fingerprint density at radius 1 is 1.36 bits per heavy atom. The Morgan fingerprint density at radius 3 is 2.72 bits per heavy atom. The predicted octanol–water partition coefficient (Wildman–Crippen LogP) is 1.45. The van der Waals surface area contributed by atoms with E-state index < -0.39 is 5.82 Å². The van der Waals surface area contributed by atoms with Gasteiger partial charge in [0.05, 0.1) is 5.02 Å². The van der Waals surface area contributed by atoms with E-state index in [0.717, 1.165) is 25.9 Å². The van der Waals surface area contributed by atoms with Gasteiger partial charge in [-0.2, -0.15) is 0 Å². The molecule has 136 valence electrons. The van der Waals surface area contributed by atoms with E-state index in [1.807, 2.05) is 6.92 Å². The molecule has 3 N–H and O–H groups in total. The van der Waals surface area contributed by atoms with Crippen molar-refractivity contribution in [3.63, 3.8) is 0 Å². The van der Waals surface area contributed by atoms with Gasteiger partial charge < -0.3 is 10.6 Å². The van der Waals surface area contributed by atoms with Crippen LogP contribution in [-0.4, -0.2) is 48.2 Å². The van der Waals surface area contributed by atoms with Gasteiger partial charge >= 0.3 is 0 Å². The monoisotopic (exact) mass is 368 g/mol. The normalized spacial score (nSPS) is 25.5. The molecule has 0 spiro atoms. The first-order valence-corrected chi connectivity index (χ1v) is 8.85. The quantitative estimate of drug-likeness (QED) is 0.755. The number of carbonyl (C=O) groups is 2. The lowest BCUT2D eigenvalue weighted by Crippen LogP contribution is -2.65. The Balaban J connectivity index is 1.51. The summed E-state index contributed by atoms with van der Waals surface area (Å²) in [5, 5.41) is 9.22. The first kappa shape index (κ1) is 18.1. The summed E-state index contributed by atoms with van der Waals surface area (Å²) in [4.78, 5) is 26.1. The number of amides is 2. The van der Waals surface area contributed by atoms with Gasteiger partial charge in [0, 0.05) is 37.2 Å². The molecule has 2 aliphatic heterocycles. The van der Waals surface area contributed by atoms with Crippen LogP contribution in [0.15, 0.2) is 18.2 Å². The van der Waals surface area contributed by atoms with E-state index in [4.69, 9.17) is 11.6 Å². The van der Waals surface area contributed by atoms with Crippen LogP contribution in [0.1, 0.15) is 36.5 Å². The van der Waals surface area contributed by atoms with Crippen LogP contribution in [0.4, 0.5) is 4.39 Å². The lowest BCUT2D eigenvalue weighted by atomic mass is 10.0. The molecule has 2 aliphatic rings. The molecule has 1 aromatic rings. The smallest absolute Gasteiger partial charge is 0.251 e. The number of likely N-dealkylation sites (tertiary alicyclic amines) is 1. The van der Waals surface area contributed by atoms with E-state index in [-0.39, 0.29) is 35.2 Å². The number of carbonyl (C=O) groups excluding carboxylic acids is 2. The van der Waals surface area contributed by atoms with Gasteiger partial charge in [-0.25, -0.2) is 4.39 Å². The van der Waals surface area contributed by atoms with Crippen LogP contribution < -0.4 is 16.0 Å². The summed E-state index contributed by atoms with van der Waals surface area (Å²) >= 11 is 5.73. The fourth-order valence-electron chi connectivity index (χ4n) is 3.26. The summed E-state index contributed by atoms with van der Waals surface area (Å²) in [6, 6.07) is 4.15. The molecule has 0 aromatic heterocycles. The molecule has 8 heteroatoms. The lowest BCUT2D eigenvalue weighted by Gasteiger charge is -2.41. The van der Waals surface area contributed by atoms with E-state index >= 15 is 0 Å². The van der Waals surface area contributed by atoms with Gasteiger partial charge in [-0.1, -0.05) is 11.6 Å². The molecule has 3 rings (SSSR count). The maximum atomic E-state index is 13.2. The molecule has 0 radical (unpaired) electrons. The van der Waals surface area contributed by atoms with E-state index in [1.54, 1.807) is 0 Å². The lowest BCUT2D eigenvalue weighted by molar-refractivity contribution is -0.127. The van der Waals surface area contributed by atoms with Crippen molar-refractivity contribution in [1.82, 2.24) is 20.9 Å². The van der Waals surface area contributed by atoms with Crippen molar-refractivity contribution in [1.29, 1.82) is 0 Å². The van der Waals surface area contributed by atoms with Crippen molar-refractivity contribution in [2.24, 2.45) is 0 Å². The summed E-state index contributed by atoms with van der Waals surface area (Å²) in [6.45, 7) is 3.52. The molecule has 1 aromatic carbocycles. The number of hydrogen-bond donors (Lipinski definition) is 3. The SMILES string of the molecule is CC1CC(=O)NC(N2CCC(NC(=O)c3ccc(F)c(Cl)c3)CC2)N1. The molecule has 2 amide bonds. The zero-order valence-corrected chi connectivity index (χ0v) is 14.8. The van der Waals surface area contributed by atoms with Crippen LogP contribution in [-0.2, 0) is 4.79 Å². The number of nitrogens with one attached hydrogen (secondary N) is 3. The maximum absolute atomic E-state index is 13.2. The van der Waals surface area contributed by atoms with Crippen LogP contribution in [0.25, 0.3) is 0 Å². The molecular formula is C17H22ClFN4O2. The Morgan fingerprint density at radius 2 is 2.08 bits per heavy atom. The second-order valence-corrected chi connectivity index (χ2v) is 7.06. The number of piperidine rings is 1. The van der Waals surface area contributed by atoms with E-state index in [9.17, 15) is 14.0 Å². The van der Waals surface area contributed by atoms with Crippen molar-refractivity contribution in [2.75, 3.05) is 13.1 Å². The zero-order chi connectivity index (χ0) is 18.0. The van der Waals surface area contributed by atoms with E-state index in [1.165, 1.54) is 18.2 Å². The summed E-state index contributed by atoms with van der Waals surface area (Å²) in [5.41, 5.74) is 0.351. The van der Waals surface area contributed by atoms with Gasteiger partial charge in [0.2, 0.25) is 5.91 Å². The number of nitrogens with zero attached hydrogens (tertiary/aromatic N) is 1. The van der Waals surface area contributed by atoms with Gasteiger partial charge in [-0.15, -0.1) is 0 Å². The third-order valence-electron chi connectivity index (χ3n) is 4.64. The van der Waals surface area contributed by atoms with Gasteiger partial charge in [-0.3, -0.25) is 19.8 Å². The molecule has 25 heavy (non-hydrogen) atoms. The molecule has 0 bridgehead atoms. The van der Waals surface area contributed by atoms with Gasteiger partial charge in [0.1, 0.15) is 12.1 Å². The Labute approximate surface area is 151 Å². The molecule has 0 aliphatic carbocycles. The van der Waals surface area contributed by atoms with E-state index in [0.29, 0.717) is 12.0 Å². The molecule has 0 saturated carbocycles. The van der Waals surface area contributed by atoms with E-state index in [2.05, 4.69) is 20.9 Å². The molecule has 2 unspecified atom stereocenters. The number of benzene rings is 1. The average Bonchev–Trinajstić information content (AvgIpc) is 2.57. The summed E-state index contributed by atoms with van der Waals surface area (Å²) in [5.74, 6) is -0.735. The van der Waals surface area contributed by atoms with Crippen molar-refractivity contribution in [3.8, 4) is 0 Å². The summed E-state index contributed by atoms with van der Waals surface area (Å²) in [6.07, 6.45) is 1.90. The van der Waals surface area contributed by atoms with Crippen LogP contribution in [0.3, 0.4) is 0 Å². The molecule has 2 heterocycles. The van der Waals surface area contributed by atoms with Crippen molar-refractivity contribution in [3.05, 3.63) is 34.6 Å². The Bertz CT molecular complexity index is 664. The van der Waals surface area contributed by atoms with Crippen molar-refractivity contribution < 1.29 is 14.0 Å². The highest BCUT2D eigenvalue weighted by molar-refractivity contribution is 6.31. The zero-order valence-electron chi connectivity index (χ0n) is 14.0. The third-order valence-corrected chi connectivity index (χ3v) is 4.93. The maximum Gasteiger partial charge on any atom is 0.251 e. The minimum atomic E-state index is -0.539. The summed E-state index contributed by atoms with van der Waals surface area (Å²) in [7, 11) is 0. The van der Waals surface area contributed by atoms with Crippen LogP contribution in [0.2, 0.25) is 5.02 Å². The van der Waals surface area contributed by atoms with Crippen LogP contribution >= 0.6 is 11.6 Å².